The van der Waals surface area contributed by atoms with Crippen molar-refractivity contribution in [2.24, 2.45) is 0 Å². The fraction of sp³-hybridized carbons (Fsp3) is 0.174. The molecule has 32 heavy (non-hydrogen) atoms. The van der Waals surface area contributed by atoms with Crippen molar-refractivity contribution < 1.29 is 4.74 Å². The average Bonchev–Trinajstić information content (AvgIpc) is 3.38. The summed E-state index contributed by atoms with van der Waals surface area (Å²) >= 11 is 7.41. The maximum absolute atomic E-state index is 13.4. The molecule has 7 nitrogen and oxygen atoms in total. The predicted molar refractivity (Wildman–Crippen MR) is 126 cm³/mol. The fourth-order valence-electron chi connectivity index (χ4n) is 3.79. The van der Waals surface area contributed by atoms with Crippen molar-refractivity contribution in [3.8, 4) is 5.75 Å². The lowest BCUT2D eigenvalue weighted by atomic mass is 10.2. The Balaban J connectivity index is 1.71. The number of para-hydroxylation sites is 1. The van der Waals surface area contributed by atoms with Crippen LogP contribution in [-0.2, 0) is 13.1 Å². The van der Waals surface area contributed by atoms with Crippen LogP contribution in [0.3, 0.4) is 0 Å². The summed E-state index contributed by atoms with van der Waals surface area (Å²) in [5.41, 5.74) is 1.75. The number of rotatable bonds is 6. The van der Waals surface area contributed by atoms with Crippen LogP contribution in [0.1, 0.15) is 18.1 Å². The minimum atomic E-state index is -0.310. The number of benzene rings is 2. The lowest BCUT2D eigenvalue weighted by Gasteiger charge is -2.12. The first-order valence-corrected chi connectivity index (χ1v) is 11.4. The average molecular weight is 467 g/mol. The Hall–Kier alpha value is -3.36. The van der Waals surface area contributed by atoms with Crippen molar-refractivity contribution in [1.29, 1.82) is 0 Å². The molecule has 0 spiro atoms. The summed E-state index contributed by atoms with van der Waals surface area (Å²) in [6.45, 7) is 2.91. The van der Waals surface area contributed by atoms with Crippen LogP contribution >= 0.6 is 22.9 Å². The number of thiophene rings is 1. The summed E-state index contributed by atoms with van der Waals surface area (Å²) in [4.78, 5) is 26.7. The quantitative estimate of drug-likeness (QED) is 0.379. The first kappa shape index (κ1) is 20.5. The van der Waals surface area contributed by atoms with Gasteiger partial charge < -0.3 is 4.74 Å². The molecule has 0 atom stereocenters. The lowest BCUT2D eigenvalue weighted by molar-refractivity contribution is 0.336. The number of aromatic nitrogens is 4. The Bertz CT molecular complexity index is 1560. The second-order valence-electron chi connectivity index (χ2n) is 7.27. The summed E-state index contributed by atoms with van der Waals surface area (Å²) in [6.07, 6.45) is 0. The van der Waals surface area contributed by atoms with E-state index in [2.05, 4.69) is 5.10 Å². The maximum Gasteiger partial charge on any atom is 0.352 e. The molecular weight excluding hydrogens is 448 g/mol. The Labute approximate surface area is 191 Å². The van der Waals surface area contributed by atoms with Crippen molar-refractivity contribution in [1.82, 2.24) is 18.7 Å². The van der Waals surface area contributed by atoms with E-state index in [0.717, 1.165) is 11.1 Å². The number of nitrogens with zero attached hydrogens (tertiary/aromatic N) is 4. The van der Waals surface area contributed by atoms with E-state index < -0.39 is 0 Å². The molecule has 0 aliphatic carbocycles. The molecule has 162 valence electrons. The smallest absolute Gasteiger partial charge is 0.352 e. The largest absolute Gasteiger partial charge is 0.494 e. The van der Waals surface area contributed by atoms with Crippen molar-refractivity contribution in [3.05, 3.63) is 97.0 Å². The zero-order valence-electron chi connectivity index (χ0n) is 17.2. The van der Waals surface area contributed by atoms with E-state index >= 15 is 0 Å². The molecule has 2 aromatic carbocycles. The number of halogens is 1. The monoisotopic (exact) mass is 466 g/mol. The minimum absolute atomic E-state index is 0.186. The topological polar surface area (TPSA) is 70.5 Å². The van der Waals surface area contributed by atoms with E-state index in [-0.39, 0.29) is 24.3 Å². The van der Waals surface area contributed by atoms with Crippen molar-refractivity contribution >= 4 is 38.9 Å². The van der Waals surface area contributed by atoms with Crippen LogP contribution in [0.25, 0.3) is 16.0 Å². The molecule has 0 aliphatic heterocycles. The highest BCUT2D eigenvalue weighted by atomic mass is 35.5. The molecule has 0 bridgehead atoms. The zero-order chi connectivity index (χ0) is 22.2. The van der Waals surface area contributed by atoms with E-state index in [1.807, 2.05) is 48.7 Å². The first-order chi connectivity index (χ1) is 15.6. The van der Waals surface area contributed by atoms with Gasteiger partial charge in [0, 0.05) is 10.6 Å². The Morgan fingerprint density at radius 3 is 2.72 bits per heavy atom. The van der Waals surface area contributed by atoms with Gasteiger partial charge in [0.15, 0.2) is 0 Å². The van der Waals surface area contributed by atoms with Gasteiger partial charge in [0.05, 0.1) is 25.2 Å². The first-order valence-electron chi connectivity index (χ1n) is 10.1. The summed E-state index contributed by atoms with van der Waals surface area (Å²) in [6, 6.07) is 16.6. The second kappa shape index (κ2) is 8.29. The summed E-state index contributed by atoms with van der Waals surface area (Å²) < 4.78 is 10.6. The van der Waals surface area contributed by atoms with E-state index in [9.17, 15) is 9.59 Å². The summed E-state index contributed by atoms with van der Waals surface area (Å²) in [5.74, 6) is 0.992. The highest BCUT2D eigenvalue weighted by molar-refractivity contribution is 7.17. The van der Waals surface area contributed by atoms with Crippen molar-refractivity contribution in [2.45, 2.75) is 20.0 Å². The lowest BCUT2D eigenvalue weighted by Crippen LogP contribution is -2.26. The van der Waals surface area contributed by atoms with Gasteiger partial charge in [0.2, 0.25) is 5.78 Å². The van der Waals surface area contributed by atoms with Gasteiger partial charge in [-0.3, -0.25) is 9.36 Å². The van der Waals surface area contributed by atoms with E-state index in [1.54, 1.807) is 18.2 Å². The molecule has 5 aromatic rings. The molecule has 9 heteroatoms. The van der Waals surface area contributed by atoms with Crippen LogP contribution < -0.4 is 16.0 Å². The second-order valence-corrected chi connectivity index (χ2v) is 8.63. The van der Waals surface area contributed by atoms with Crippen LogP contribution in [0.15, 0.2) is 69.6 Å². The van der Waals surface area contributed by atoms with E-state index in [1.165, 1.54) is 25.0 Å². The predicted octanol–water partition coefficient (Wildman–Crippen LogP) is 4.02. The van der Waals surface area contributed by atoms with Crippen LogP contribution in [0.2, 0.25) is 5.02 Å². The van der Waals surface area contributed by atoms with E-state index in [0.29, 0.717) is 33.4 Å². The molecule has 0 fully saturated rings. The van der Waals surface area contributed by atoms with Gasteiger partial charge in [-0.15, -0.1) is 16.4 Å². The summed E-state index contributed by atoms with van der Waals surface area (Å²) in [5, 5.41) is 6.95. The number of fused-ring (bicyclic) bond motifs is 3. The molecule has 0 aliphatic rings. The van der Waals surface area contributed by atoms with Crippen LogP contribution in [0.4, 0.5) is 0 Å². The van der Waals surface area contributed by atoms with Gasteiger partial charge in [-0.25, -0.2) is 13.9 Å². The Morgan fingerprint density at radius 2 is 1.91 bits per heavy atom. The molecule has 5 rings (SSSR count). The molecule has 0 radical (unpaired) electrons. The third-order valence-electron chi connectivity index (χ3n) is 5.21. The van der Waals surface area contributed by atoms with Crippen LogP contribution in [0.5, 0.6) is 5.75 Å². The van der Waals surface area contributed by atoms with Gasteiger partial charge in [-0.2, -0.15) is 0 Å². The third kappa shape index (κ3) is 3.51. The molecule has 0 saturated heterocycles. The van der Waals surface area contributed by atoms with Gasteiger partial charge in [-0.1, -0.05) is 41.9 Å². The van der Waals surface area contributed by atoms with Gasteiger partial charge >= 0.3 is 5.69 Å². The number of hydrogen-bond donors (Lipinski definition) is 0. The standard InChI is InChI=1S/C23H19ClN4O3S/c1-2-31-19-9-4-3-7-16(19)14-26-21(29)20-18(10-11-32-20)28-22(26)25-27(23(28)30)13-15-6-5-8-17(24)12-15/h3-12H,2,13-14H2,1H3. The minimum Gasteiger partial charge on any atom is -0.494 e. The highest BCUT2D eigenvalue weighted by Gasteiger charge is 2.19. The van der Waals surface area contributed by atoms with Gasteiger partial charge in [-0.05, 0) is 42.1 Å². The van der Waals surface area contributed by atoms with Crippen molar-refractivity contribution in [2.75, 3.05) is 6.61 Å². The van der Waals surface area contributed by atoms with E-state index in [4.69, 9.17) is 16.3 Å². The molecule has 3 aromatic heterocycles. The molecule has 0 N–H and O–H groups in total. The van der Waals surface area contributed by atoms with Gasteiger partial charge in [0.1, 0.15) is 10.4 Å². The molecule has 3 heterocycles. The third-order valence-corrected chi connectivity index (χ3v) is 6.34. The number of hydrogen-bond acceptors (Lipinski definition) is 5. The number of ether oxygens (including phenoxy) is 1. The molecule has 0 unspecified atom stereocenters. The summed E-state index contributed by atoms with van der Waals surface area (Å²) in [7, 11) is 0. The normalized spacial score (nSPS) is 11.4. The Kier molecular flexibility index (Phi) is 5.32. The SMILES string of the molecule is CCOc1ccccc1Cn1c(=O)c2sccc2n2c(=O)n(Cc3cccc(Cl)c3)nc12. The molecular formula is C23H19ClN4O3S. The zero-order valence-corrected chi connectivity index (χ0v) is 18.8. The highest BCUT2D eigenvalue weighted by Crippen LogP contribution is 2.22. The molecule has 0 saturated carbocycles. The van der Waals surface area contributed by atoms with Crippen molar-refractivity contribution in [3.63, 3.8) is 0 Å². The Morgan fingerprint density at radius 1 is 1.06 bits per heavy atom. The van der Waals surface area contributed by atoms with Crippen LogP contribution in [0, 0.1) is 0 Å². The maximum atomic E-state index is 13.4. The fourth-order valence-corrected chi connectivity index (χ4v) is 4.83. The molecule has 0 amide bonds. The van der Waals surface area contributed by atoms with Crippen LogP contribution in [-0.4, -0.2) is 25.4 Å². The van der Waals surface area contributed by atoms with Gasteiger partial charge in [0.25, 0.3) is 5.56 Å².